The molecular formula is C47H39N. The van der Waals surface area contributed by atoms with Gasteiger partial charge < -0.3 is 4.90 Å². The third-order valence-electron chi connectivity index (χ3n) is 12.0. The molecule has 0 saturated carbocycles. The number of nitrogens with zero attached hydrogens (tertiary/aromatic N) is 1. The summed E-state index contributed by atoms with van der Waals surface area (Å²) in [7, 11) is 0. The van der Waals surface area contributed by atoms with E-state index in [0.29, 0.717) is 5.92 Å². The van der Waals surface area contributed by atoms with Gasteiger partial charge in [0.15, 0.2) is 0 Å². The molecule has 0 saturated heterocycles. The van der Waals surface area contributed by atoms with Crippen molar-refractivity contribution in [2.24, 2.45) is 5.92 Å². The Bertz CT molecular complexity index is 2510. The summed E-state index contributed by atoms with van der Waals surface area (Å²) in [6, 6.07) is 42.1. The van der Waals surface area contributed by atoms with Crippen LogP contribution in [0.5, 0.6) is 0 Å². The van der Waals surface area contributed by atoms with Gasteiger partial charge in [0.1, 0.15) is 0 Å². The summed E-state index contributed by atoms with van der Waals surface area (Å²) in [6.07, 6.45) is 9.06. The van der Waals surface area contributed by atoms with E-state index in [0.717, 1.165) is 0 Å². The van der Waals surface area contributed by atoms with Crippen molar-refractivity contribution < 1.29 is 0 Å². The molecule has 0 amide bonds. The minimum atomic E-state index is -0.136. The molecule has 0 spiro atoms. The zero-order chi connectivity index (χ0) is 32.5. The van der Waals surface area contributed by atoms with E-state index >= 15 is 0 Å². The zero-order valence-corrected chi connectivity index (χ0v) is 28.3. The molecule has 0 N–H and O–H groups in total. The van der Waals surface area contributed by atoms with Crippen molar-refractivity contribution in [2.45, 2.75) is 51.5 Å². The molecule has 10 rings (SSSR count). The summed E-state index contributed by atoms with van der Waals surface area (Å²) < 4.78 is 0. The fraction of sp³-hybridized carbons (Fsp3) is 0.191. The van der Waals surface area contributed by atoms with E-state index in [-0.39, 0.29) is 16.9 Å². The average molecular weight is 618 g/mol. The highest BCUT2D eigenvalue weighted by atomic mass is 15.2. The van der Waals surface area contributed by atoms with Gasteiger partial charge in [-0.3, -0.25) is 0 Å². The van der Waals surface area contributed by atoms with Gasteiger partial charge in [-0.25, -0.2) is 0 Å². The zero-order valence-electron chi connectivity index (χ0n) is 28.3. The van der Waals surface area contributed by atoms with Crippen molar-refractivity contribution in [3.8, 4) is 22.3 Å². The van der Waals surface area contributed by atoms with E-state index in [9.17, 15) is 0 Å². The van der Waals surface area contributed by atoms with Crippen molar-refractivity contribution in [1.82, 2.24) is 0 Å². The Morgan fingerprint density at radius 1 is 0.500 bits per heavy atom. The third-order valence-corrected chi connectivity index (χ3v) is 12.0. The summed E-state index contributed by atoms with van der Waals surface area (Å²) in [5.74, 6) is 0.401. The number of fused-ring (bicyclic) bond motifs is 7. The maximum absolute atomic E-state index is 2.57. The lowest BCUT2D eigenvalue weighted by atomic mass is 9.79. The Hall–Kier alpha value is -5.14. The van der Waals surface area contributed by atoms with Crippen LogP contribution in [0.15, 0.2) is 133 Å². The first kappa shape index (κ1) is 27.9. The molecule has 3 aliphatic rings. The topological polar surface area (TPSA) is 3.24 Å². The van der Waals surface area contributed by atoms with E-state index in [1.807, 2.05) is 0 Å². The molecule has 0 aromatic heterocycles. The van der Waals surface area contributed by atoms with Crippen molar-refractivity contribution in [2.75, 3.05) is 4.90 Å². The smallest absolute Gasteiger partial charge is 0.0585 e. The number of hydrogen-bond acceptors (Lipinski definition) is 1. The maximum atomic E-state index is 2.57. The summed E-state index contributed by atoms with van der Waals surface area (Å²) in [6.45, 7) is 12.0. The van der Waals surface area contributed by atoms with Crippen molar-refractivity contribution >= 4 is 43.7 Å². The summed E-state index contributed by atoms with van der Waals surface area (Å²) in [5.41, 5.74) is 13.6. The molecule has 2 atom stereocenters. The number of para-hydroxylation sites is 1. The monoisotopic (exact) mass is 617 g/mol. The van der Waals surface area contributed by atoms with Crippen LogP contribution in [0.2, 0.25) is 0 Å². The molecule has 0 bridgehead atoms. The second-order valence-corrected chi connectivity index (χ2v) is 15.4. The quantitative estimate of drug-likeness (QED) is 0.178. The van der Waals surface area contributed by atoms with Gasteiger partial charge in [0, 0.05) is 22.2 Å². The molecule has 3 aliphatic carbocycles. The number of anilines is 2. The molecule has 0 radical (unpaired) electrons. The maximum Gasteiger partial charge on any atom is 0.0585 e. The van der Waals surface area contributed by atoms with Crippen molar-refractivity contribution in [3.05, 3.63) is 156 Å². The van der Waals surface area contributed by atoms with E-state index in [1.165, 1.54) is 88.2 Å². The third kappa shape index (κ3) is 3.57. The van der Waals surface area contributed by atoms with Crippen molar-refractivity contribution in [1.29, 1.82) is 0 Å². The van der Waals surface area contributed by atoms with E-state index in [2.05, 4.69) is 173 Å². The fourth-order valence-electron chi connectivity index (χ4n) is 9.49. The summed E-state index contributed by atoms with van der Waals surface area (Å²) in [4.78, 5) is 2.53. The largest absolute Gasteiger partial charge is 0.334 e. The van der Waals surface area contributed by atoms with E-state index in [1.54, 1.807) is 0 Å². The lowest BCUT2D eigenvalue weighted by Gasteiger charge is -2.36. The van der Waals surface area contributed by atoms with Crippen LogP contribution in [-0.2, 0) is 10.8 Å². The summed E-state index contributed by atoms with van der Waals surface area (Å²) in [5, 5.41) is 8.17. The van der Waals surface area contributed by atoms with Crippen LogP contribution in [0.4, 0.5) is 11.4 Å². The van der Waals surface area contributed by atoms with Gasteiger partial charge in [-0.05, 0) is 125 Å². The van der Waals surface area contributed by atoms with Gasteiger partial charge in [-0.15, -0.1) is 0 Å². The highest BCUT2D eigenvalue weighted by molar-refractivity contribution is 6.26. The Labute approximate surface area is 283 Å². The molecule has 0 aliphatic heterocycles. The second-order valence-electron chi connectivity index (χ2n) is 15.4. The Balaban J connectivity index is 1.17. The molecular weight excluding hydrogens is 579 g/mol. The Morgan fingerprint density at radius 3 is 1.96 bits per heavy atom. The first-order valence-corrected chi connectivity index (χ1v) is 17.5. The van der Waals surface area contributed by atoms with Gasteiger partial charge in [-0.1, -0.05) is 126 Å². The molecule has 7 aromatic rings. The second kappa shape index (κ2) is 9.48. The lowest BCUT2D eigenvalue weighted by Crippen LogP contribution is -2.35. The number of rotatable bonds is 3. The predicted molar refractivity (Wildman–Crippen MR) is 205 cm³/mol. The van der Waals surface area contributed by atoms with Crippen LogP contribution < -0.4 is 4.90 Å². The molecule has 48 heavy (non-hydrogen) atoms. The van der Waals surface area contributed by atoms with Crippen LogP contribution in [-0.4, -0.2) is 6.04 Å². The fourth-order valence-corrected chi connectivity index (χ4v) is 9.49. The minimum Gasteiger partial charge on any atom is -0.334 e. The minimum absolute atomic E-state index is 0.0991. The first-order valence-electron chi connectivity index (χ1n) is 17.5. The molecule has 7 aromatic carbocycles. The van der Waals surface area contributed by atoms with Crippen molar-refractivity contribution in [3.63, 3.8) is 0 Å². The van der Waals surface area contributed by atoms with Crippen LogP contribution in [0.3, 0.4) is 0 Å². The molecule has 0 heterocycles. The van der Waals surface area contributed by atoms with Crippen LogP contribution in [0.1, 0.15) is 56.9 Å². The van der Waals surface area contributed by atoms with Gasteiger partial charge in [0.2, 0.25) is 0 Å². The predicted octanol–water partition coefficient (Wildman–Crippen LogP) is 12.5. The molecule has 1 heteroatoms. The highest BCUT2D eigenvalue weighted by Gasteiger charge is 2.43. The lowest BCUT2D eigenvalue weighted by molar-refractivity contribution is 0.608. The van der Waals surface area contributed by atoms with Gasteiger partial charge in [0.25, 0.3) is 0 Å². The molecule has 232 valence electrons. The SMILES string of the molecule is CC1C=CC=CC1N(c1ccccc1)c1ccc2c(c1)C(C)(C)c1cc3c(cc1-2)C(C)(C)c1cc2ccc4cccc5ccc(c1-3)c2c45. The van der Waals surface area contributed by atoms with Crippen LogP contribution in [0, 0.1) is 5.92 Å². The standard InChI is InChI=1S/C47H39N/c1-28-12-9-10-17-42(28)48(32-15-7-6-8-16-32)33-21-23-34-36-26-40-37(27-39(36)46(2,3)38(34)25-33)45-35-22-20-30-14-11-13-29-18-19-31(44(35)43(29)30)24-41(45)47(40,4)5/h6-28,42H,1-5H3. The number of hydrogen-bond donors (Lipinski definition) is 0. The Kier molecular flexibility index (Phi) is 5.52. The Morgan fingerprint density at radius 2 is 1.17 bits per heavy atom. The van der Waals surface area contributed by atoms with Gasteiger partial charge >= 0.3 is 0 Å². The average Bonchev–Trinajstić information content (AvgIpc) is 3.46. The van der Waals surface area contributed by atoms with Gasteiger partial charge in [-0.2, -0.15) is 0 Å². The first-order chi connectivity index (χ1) is 23.2. The number of benzene rings is 7. The normalized spacial score (nSPS) is 19.5. The highest BCUT2D eigenvalue weighted by Crippen LogP contribution is 2.58. The summed E-state index contributed by atoms with van der Waals surface area (Å²) >= 11 is 0. The van der Waals surface area contributed by atoms with Crippen LogP contribution in [0.25, 0.3) is 54.6 Å². The molecule has 0 fully saturated rings. The van der Waals surface area contributed by atoms with Gasteiger partial charge in [0.05, 0.1) is 6.04 Å². The molecule has 2 unspecified atom stereocenters. The molecule has 1 nitrogen and oxygen atoms in total. The number of allylic oxidation sites excluding steroid dienone is 2. The van der Waals surface area contributed by atoms with E-state index in [4.69, 9.17) is 0 Å². The van der Waals surface area contributed by atoms with Crippen LogP contribution >= 0.6 is 0 Å². The van der Waals surface area contributed by atoms with E-state index < -0.39 is 0 Å².